The van der Waals surface area contributed by atoms with Crippen molar-refractivity contribution in [1.29, 1.82) is 0 Å². The molecule has 0 radical (unpaired) electrons. The van der Waals surface area contributed by atoms with Crippen LogP contribution in [0.1, 0.15) is 12.0 Å². The van der Waals surface area contributed by atoms with Crippen molar-refractivity contribution in [3.05, 3.63) is 42.0 Å². The molecule has 0 unspecified atom stereocenters. The predicted octanol–water partition coefficient (Wildman–Crippen LogP) is 1.30. The largest absolute Gasteiger partial charge is 0.508 e. The van der Waals surface area contributed by atoms with Crippen LogP contribution in [0.2, 0.25) is 0 Å². The van der Waals surface area contributed by atoms with Gasteiger partial charge in [-0.1, -0.05) is 6.58 Å². The molecule has 1 amide bonds. The van der Waals surface area contributed by atoms with Crippen LogP contribution in [0.25, 0.3) is 0 Å². The number of hydrogen-bond donors (Lipinski definition) is 2. The second-order valence-electron chi connectivity index (χ2n) is 5.50. The number of phenols is 1. The van der Waals surface area contributed by atoms with Crippen LogP contribution >= 0.6 is 0 Å². The molecule has 112 valence electrons. The van der Waals surface area contributed by atoms with Gasteiger partial charge in [0.25, 0.3) is 0 Å². The van der Waals surface area contributed by atoms with Crippen molar-refractivity contribution < 1.29 is 19.0 Å². The second kappa shape index (κ2) is 4.73. The predicted molar refractivity (Wildman–Crippen MR) is 73.7 cm³/mol. The molecule has 5 nitrogen and oxygen atoms in total. The van der Waals surface area contributed by atoms with Crippen molar-refractivity contribution in [3.8, 4) is 5.75 Å². The summed E-state index contributed by atoms with van der Waals surface area (Å²) in [4.78, 5) is 14.0. The lowest BCUT2D eigenvalue weighted by Gasteiger charge is -2.50. The molecule has 2 atom stereocenters. The minimum atomic E-state index is -1.03. The summed E-state index contributed by atoms with van der Waals surface area (Å²) in [6.45, 7) is 4.41. The zero-order valence-electron chi connectivity index (χ0n) is 11.7. The highest BCUT2D eigenvalue weighted by molar-refractivity contribution is 5.83. The van der Waals surface area contributed by atoms with Crippen LogP contribution in [0.15, 0.2) is 30.6 Å². The van der Waals surface area contributed by atoms with Crippen molar-refractivity contribution in [2.45, 2.75) is 12.0 Å². The zero-order chi connectivity index (χ0) is 15.2. The smallest absolute Gasteiger partial charge is 0.233 e. The van der Waals surface area contributed by atoms with Gasteiger partial charge in [0.05, 0.1) is 12.5 Å². The Kier molecular flexibility index (Phi) is 3.13. The molecule has 2 aliphatic heterocycles. The third-order valence-electron chi connectivity index (χ3n) is 4.31. The van der Waals surface area contributed by atoms with Crippen LogP contribution in [-0.2, 0) is 15.1 Å². The first-order valence-corrected chi connectivity index (χ1v) is 6.77. The Morgan fingerprint density at radius 1 is 1.57 bits per heavy atom. The normalized spacial score (nSPS) is 29.0. The number of phenolic OH excluding ortho intramolecular Hbond substituents is 1. The van der Waals surface area contributed by atoms with Gasteiger partial charge in [-0.25, -0.2) is 4.39 Å². The monoisotopic (exact) mass is 292 g/mol. The summed E-state index contributed by atoms with van der Waals surface area (Å²) in [7, 11) is 1.63. The van der Waals surface area contributed by atoms with Crippen molar-refractivity contribution in [2.24, 2.45) is 5.92 Å². The van der Waals surface area contributed by atoms with E-state index in [-0.39, 0.29) is 23.8 Å². The summed E-state index contributed by atoms with van der Waals surface area (Å²) in [5.74, 6) is -0.725. The maximum absolute atomic E-state index is 14.3. The lowest BCUT2D eigenvalue weighted by atomic mass is 9.73. The summed E-state index contributed by atoms with van der Waals surface area (Å²) in [5.41, 5.74) is -0.795. The maximum atomic E-state index is 14.3. The van der Waals surface area contributed by atoms with Crippen LogP contribution in [0.3, 0.4) is 0 Å². The van der Waals surface area contributed by atoms with E-state index in [1.807, 2.05) is 0 Å². The van der Waals surface area contributed by atoms with Gasteiger partial charge in [0.15, 0.2) is 0 Å². The van der Waals surface area contributed by atoms with Gasteiger partial charge in [-0.15, -0.1) is 0 Å². The average Bonchev–Trinajstić information content (AvgIpc) is 2.47. The minimum Gasteiger partial charge on any atom is -0.508 e. The van der Waals surface area contributed by atoms with E-state index in [1.165, 1.54) is 23.1 Å². The highest BCUT2D eigenvalue weighted by atomic mass is 19.1. The topological polar surface area (TPSA) is 61.8 Å². The van der Waals surface area contributed by atoms with Gasteiger partial charge < -0.3 is 20.1 Å². The van der Waals surface area contributed by atoms with Crippen molar-refractivity contribution >= 4 is 5.91 Å². The highest BCUT2D eigenvalue weighted by Gasteiger charge is 2.52. The van der Waals surface area contributed by atoms with Gasteiger partial charge in [0, 0.05) is 19.2 Å². The van der Waals surface area contributed by atoms with Crippen LogP contribution in [-0.4, -0.2) is 36.2 Å². The number of fused-ring (bicyclic) bond motifs is 1. The molecular weight excluding hydrogens is 275 g/mol. The van der Waals surface area contributed by atoms with E-state index in [0.29, 0.717) is 18.8 Å². The molecule has 0 bridgehead atoms. The average molecular weight is 292 g/mol. The molecule has 0 spiro atoms. The number of benzene rings is 1. The molecule has 2 fully saturated rings. The van der Waals surface area contributed by atoms with Gasteiger partial charge in [0.1, 0.15) is 22.9 Å². The van der Waals surface area contributed by atoms with Crippen LogP contribution < -0.4 is 5.32 Å². The highest BCUT2D eigenvalue weighted by Crippen LogP contribution is 2.42. The number of ether oxygens (including phenoxy) is 1. The second-order valence-corrected chi connectivity index (χ2v) is 5.50. The Morgan fingerprint density at radius 2 is 2.33 bits per heavy atom. The summed E-state index contributed by atoms with van der Waals surface area (Å²) >= 11 is 0. The Bertz CT molecular complexity index is 619. The Labute approximate surface area is 122 Å². The van der Waals surface area contributed by atoms with Gasteiger partial charge in [0.2, 0.25) is 5.91 Å². The summed E-state index contributed by atoms with van der Waals surface area (Å²) in [5, 5.41) is 12.8. The lowest BCUT2D eigenvalue weighted by molar-refractivity contribution is -0.147. The number of nitrogens with zero attached hydrogens (tertiary/aromatic N) is 1. The molecule has 3 rings (SSSR count). The first-order valence-electron chi connectivity index (χ1n) is 6.77. The van der Waals surface area contributed by atoms with Crippen LogP contribution in [0.5, 0.6) is 5.75 Å². The molecule has 1 aromatic rings. The first-order chi connectivity index (χ1) is 9.95. The summed E-state index contributed by atoms with van der Waals surface area (Å²) in [6.07, 6.45) is 0.485. The zero-order valence-corrected chi connectivity index (χ0v) is 11.7. The Morgan fingerprint density at radius 3 is 3.10 bits per heavy atom. The fraction of sp³-hybridized carbons (Fsp3) is 0.400. The number of carbonyl (C=O) groups excluding carboxylic acids is 1. The number of nitrogens with one attached hydrogen (secondary N) is 1. The van der Waals surface area contributed by atoms with E-state index in [4.69, 9.17) is 4.74 Å². The van der Waals surface area contributed by atoms with Crippen molar-refractivity contribution in [3.63, 3.8) is 0 Å². The third-order valence-corrected chi connectivity index (χ3v) is 4.31. The van der Waals surface area contributed by atoms with E-state index < -0.39 is 17.3 Å². The molecule has 2 aliphatic rings. The van der Waals surface area contributed by atoms with Crippen molar-refractivity contribution in [2.75, 3.05) is 20.3 Å². The molecule has 0 saturated carbocycles. The third kappa shape index (κ3) is 1.98. The van der Waals surface area contributed by atoms with Gasteiger partial charge in [-0.05, 0) is 24.6 Å². The fourth-order valence-corrected chi connectivity index (χ4v) is 3.13. The minimum absolute atomic E-state index is 0.0520. The quantitative estimate of drug-likeness (QED) is 0.819. The van der Waals surface area contributed by atoms with E-state index in [9.17, 15) is 14.3 Å². The lowest BCUT2D eigenvalue weighted by Crippen LogP contribution is -2.64. The van der Waals surface area contributed by atoms with E-state index in [2.05, 4.69) is 11.9 Å². The number of hydrogen-bond acceptors (Lipinski definition) is 4. The molecule has 6 heteroatoms. The molecular formula is C15H17FN2O3. The summed E-state index contributed by atoms with van der Waals surface area (Å²) < 4.78 is 19.8. The van der Waals surface area contributed by atoms with Gasteiger partial charge in [-0.2, -0.15) is 0 Å². The molecule has 2 saturated heterocycles. The van der Waals surface area contributed by atoms with E-state index >= 15 is 0 Å². The molecule has 0 aliphatic carbocycles. The van der Waals surface area contributed by atoms with Crippen molar-refractivity contribution in [1.82, 2.24) is 10.2 Å². The number of aromatic hydroxyl groups is 1. The molecule has 2 heterocycles. The number of amides is 1. The molecule has 2 N–H and O–H groups in total. The number of carbonyl (C=O) groups is 1. The van der Waals surface area contributed by atoms with E-state index in [1.54, 1.807) is 7.05 Å². The Hall–Kier alpha value is -2.08. The van der Waals surface area contributed by atoms with Gasteiger partial charge >= 0.3 is 0 Å². The first kappa shape index (κ1) is 13.9. The molecule has 0 aromatic heterocycles. The molecule has 21 heavy (non-hydrogen) atoms. The standard InChI is InChI=1S/C15H17FN2O3/c1-9-17-15(12-7-10(19)3-4-13(12)16)8-21-6-5-11(15)14(20)18(9)2/h3-4,7,11,17,19H,1,5-6,8H2,2H3/t11-,15-/m0/s1. The van der Waals surface area contributed by atoms with Gasteiger partial charge in [-0.3, -0.25) is 4.79 Å². The number of rotatable bonds is 1. The Balaban J connectivity index is 2.16. The molecule has 1 aromatic carbocycles. The summed E-state index contributed by atoms with van der Waals surface area (Å²) in [6, 6.07) is 3.81. The SMILES string of the molecule is C=C1N[C@@]2(c3cc(O)ccc3F)COCC[C@H]2C(=O)N1C. The maximum Gasteiger partial charge on any atom is 0.233 e. The van der Waals surface area contributed by atoms with E-state index in [0.717, 1.165) is 0 Å². The van der Waals surface area contributed by atoms with Crippen LogP contribution in [0.4, 0.5) is 4.39 Å². The fourth-order valence-electron chi connectivity index (χ4n) is 3.13. The van der Waals surface area contributed by atoms with Crippen LogP contribution in [0, 0.1) is 11.7 Å². The number of halogens is 1.